The zero-order valence-corrected chi connectivity index (χ0v) is 17.7. The molecule has 3 heterocycles. The third-order valence-corrected chi connectivity index (χ3v) is 7.45. The van der Waals surface area contributed by atoms with Crippen LogP contribution in [0.1, 0.15) is 23.2 Å². The van der Waals surface area contributed by atoms with Gasteiger partial charge in [0, 0.05) is 42.3 Å². The highest BCUT2D eigenvalue weighted by Crippen LogP contribution is 2.38. The summed E-state index contributed by atoms with van der Waals surface area (Å²) in [4.78, 5) is 33.2. The normalized spacial score (nSPS) is 22.0. The molecular weight excluding hydrogens is 396 g/mol. The predicted octanol–water partition coefficient (Wildman–Crippen LogP) is 3.12. The lowest BCUT2D eigenvalue weighted by Crippen LogP contribution is -2.48. The first-order valence-electron chi connectivity index (χ1n) is 10.6. The van der Waals surface area contributed by atoms with Crippen molar-refractivity contribution in [3.05, 3.63) is 54.1 Å². The van der Waals surface area contributed by atoms with Crippen LogP contribution in [-0.2, 0) is 4.79 Å². The number of hydrogen-bond donors (Lipinski definition) is 1. The number of anilines is 2. The zero-order chi connectivity index (χ0) is 20.5. The summed E-state index contributed by atoms with van der Waals surface area (Å²) >= 11 is 1.60. The summed E-state index contributed by atoms with van der Waals surface area (Å²) in [6.07, 6.45) is 2.31. The quantitative estimate of drug-likeness (QED) is 0.824. The molecule has 0 spiro atoms. The van der Waals surface area contributed by atoms with Crippen molar-refractivity contribution in [2.24, 2.45) is 0 Å². The molecule has 0 aliphatic carbocycles. The maximum Gasteiger partial charge on any atom is 0.254 e. The van der Waals surface area contributed by atoms with E-state index in [-0.39, 0.29) is 17.2 Å². The Morgan fingerprint density at radius 2 is 1.67 bits per heavy atom. The van der Waals surface area contributed by atoms with E-state index in [4.69, 9.17) is 0 Å². The van der Waals surface area contributed by atoms with Crippen LogP contribution in [0.2, 0.25) is 0 Å². The molecule has 0 aromatic heterocycles. The van der Waals surface area contributed by atoms with Crippen molar-refractivity contribution in [2.45, 2.75) is 23.1 Å². The SMILES string of the molecule is O=C1Nc2cc(C(=O)N3CCN(c4ccccc4)CC3)ccc2S[C@H]1N1CCCC1. The van der Waals surface area contributed by atoms with Crippen molar-refractivity contribution in [2.75, 3.05) is 49.5 Å². The summed E-state index contributed by atoms with van der Waals surface area (Å²) in [7, 11) is 0. The van der Waals surface area contributed by atoms with E-state index in [1.807, 2.05) is 41.3 Å². The lowest BCUT2D eigenvalue weighted by Gasteiger charge is -2.36. The average molecular weight is 423 g/mol. The average Bonchev–Trinajstić information content (AvgIpc) is 3.33. The topological polar surface area (TPSA) is 55.9 Å². The Labute approximate surface area is 181 Å². The largest absolute Gasteiger partial charge is 0.368 e. The molecule has 5 rings (SSSR count). The second-order valence-corrected chi connectivity index (χ2v) is 9.15. The van der Waals surface area contributed by atoms with E-state index in [9.17, 15) is 9.59 Å². The Bertz CT molecular complexity index is 937. The summed E-state index contributed by atoms with van der Waals surface area (Å²) < 4.78 is 0. The van der Waals surface area contributed by atoms with Crippen molar-refractivity contribution in [1.29, 1.82) is 0 Å². The minimum Gasteiger partial charge on any atom is -0.368 e. The summed E-state index contributed by atoms with van der Waals surface area (Å²) in [5, 5.41) is 2.87. The molecule has 2 saturated heterocycles. The molecule has 3 aliphatic heterocycles. The lowest BCUT2D eigenvalue weighted by molar-refractivity contribution is -0.118. The van der Waals surface area contributed by atoms with Gasteiger partial charge in [0.15, 0.2) is 0 Å². The summed E-state index contributed by atoms with van der Waals surface area (Å²) in [6, 6.07) is 16.0. The molecule has 7 heteroatoms. The maximum absolute atomic E-state index is 13.1. The van der Waals surface area contributed by atoms with Gasteiger partial charge in [0.25, 0.3) is 11.8 Å². The molecule has 2 amide bonds. The van der Waals surface area contributed by atoms with Gasteiger partial charge < -0.3 is 15.1 Å². The molecule has 2 fully saturated rings. The first-order valence-corrected chi connectivity index (χ1v) is 11.5. The van der Waals surface area contributed by atoms with Crippen LogP contribution in [0.15, 0.2) is 53.4 Å². The number of benzene rings is 2. The molecule has 1 N–H and O–H groups in total. The van der Waals surface area contributed by atoms with Crippen LogP contribution in [0.5, 0.6) is 0 Å². The van der Waals surface area contributed by atoms with Gasteiger partial charge in [-0.1, -0.05) is 30.0 Å². The molecule has 156 valence electrons. The molecule has 2 aromatic carbocycles. The summed E-state index contributed by atoms with van der Waals surface area (Å²) in [6.45, 7) is 5.00. The highest BCUT2D eigenvalue weighted by Gasteiger charge is 2.34. The molecule has 0 unspecified atom stereocenters. The molecule has 0 radical (unpaired) electrons. The van der Waals surface area contributed by atoms with Gasteiger partial charge in [-0.2, -0.15) is 0 Å². The van der Waals surface area contributed by atoms with Crippen LogP contribution in [-0.4, -0.2) is 66.3 Å². The number of para-hydroxylation sites is 1. The van der Waals surface area contributed by atoms with Crippen LogP contribution in [0.25, 0.3) is 0 Å². The third-order valence-electron chi connectivity index (χ3n) is 6.11. The Balaban J connectivity index is 1.25. The Hall–Kier alpha value is -2.51. The van der Waals surface area contributed by atoms with E-state index in [1.54, 1.807) is 11.8 Å². The standard InChI is InChI=1S/C23H26N4O2S/c28-21-23(27-10-4-5-11-27)30-20-9-8-17(16-19(20)24-21)22(29)26-14-12-25(13-15-26)18-6-2-1-3-7-18/h1-3,6-9,16,23H,4-5,10-15H2,(H,24,28)/t23-/m1/s1. The predicted molar refractivity (Wildman–Crippen MR) is 120 cm³/mol. The number of carbonyl (C=O) groups excluding carboxylic acids is 2. The van der Waals surface area contributed by atoms with Crippen molar-refractivity contribution in [1.82, 2.24) is 9.80 Å². The maximum atomic E-state index is 13.1. The first-order chi connectivity index (χ1) is 14.7. The molecule has 6 nitrogen and oxygen atoms in total. The molecule has 0 bridgehead atoms. The first kappa shape index (κ1) is 19.5. The van der Waals surface area contributed by atoms with Gasteiger partial charge in [0.1, 0.15) is 5.37 Å². The fourth-order valence-electron chi connectivity index (χ4n) is 4.44. The van der Waals surface area contributed by atoms with Crippen LogP contribution in [0.3, 0.4) is 0 Å². The van der Waals surface area contributed by atoms with Crippen molar-refractivity contribution in [3.8, 4) is 0 Å². The highest BCUT2D eigenvalue weighted by molar-refractivity contribution is 8.00. The number of nitrogens with zero attached hydrogens (tertiary/aromatic N) is 3. The summed E-state index contributed by atoms with van der Waals surface area (Å²) in [5.41, 5.74) is 2.60. The second-order valence-electron chi connectivity index (χ2n) is 8.03. The van der Waals surface area contributed by atoms with Crippen LogP contribution in [0.4, 0.5) is 11.4 Å². The molecule has 3 aliphatic rings. The van der Waals surface area contributed by atoms with Gasteiger partial charge in [-0.05, 0) is 56.3 Å². The number of thioether (sulfide) groups is 1. The fraction of sp³-hybridized carbons (Fsp3) is 0.391. The van der Waals surface area contributed by atoms with Gasteiger partial charge in [0.05, 0.1) is 5.69 Å². The number of nitrogens with one attached hydrogen (secondary N) is 1. The van der Waals surface area contributed by atoms with Gasteiger partial charge >= 0.3 is 0 Å². The zero-order valence-electron chi connectivity index (χ0n) is 16.9. The van der Waals surface area contributed by atoms with Crippen LogP contribution >= 0.6 is 11.8 Å². The molecule has 1 atom stereocenters. The Kier molecular flexibility index (Phi) is 5.39. The highest BCUT2D eigenvalue weighted by atomic mass is 32.2. The number of fused-ring (bicyclic) bond motifs is 1. The lowest BCUT2D eigenvalue weighted by atomic mass is 10.1. The molecule has 2 aromatic rings. The number of rotatable bonds is 3. The molecule has 0 saturated carbocycles. The number of amides is 2. The number of piperazine rings is 1. The van der Waals surface area contributed by atoms with E-state index in [2.05, 4.69) is 27.2 Å². The van der Waals surface area contributed by atoms with Crippen molar-refractivity contribution >= 4 is 35.0 Å². The Morgan fingerprint density at radius 1 is 0.933 bits per heavy atom. The van der Waals surface area contributed by atoms with E-state index < -0.39 is 0 Å². The minimum absolute atomic E-state index is 0.0236. The van der Waals surface area contributed by atoms with Gasteiger partial charge in [0.2, 0.25) is 0 Å². The number of carbonyl (C=O) groups is 2. The number of hydrogen-bond acceptors (Lipinski definition) is 5. The summed E-state index contributed by atoms with van der Waals surface area (Å²) in [5.74, 6) is 0.0573. The fourth-order valence-corrected chi connectivity index (χ4v) is 5.59. The van der Waals surface area contributed by atoms with Crippen molar-refractivity contribution in [3.63, 3.8) is 0 Å². The van der Waals surface area contributed by atoms with Gasteiger partial charge in [-0.3, -0.25) is 14.5 Å². The van der Waals surface area contributed by atoms with E-state index in [0.717, 1.165) is 49.6 Å². The van der Waals surface area contributed by atoms with Crippen molar-refractivity contribution < 1.29 is 9.59 Å². The van der Waals surface area contributed by atoms with Crippen LogP contribution < -0.4 is 10.2 Å². The van der Waals surface area contributed by atoms with Gasteiger partial charge in [-0.25, -0.2) is 0 Å². The molecular formula is C23H26N4O2S. The van der Waals surface area contributed by atoms with E-state index >= 15 is 0 Å². The van der Waals surface area contributed by atoms with Crippen LogP contribution in [0, 0.1) is 0 Å². The minimum atomic E-state index is -0.160. The second kappa shape index (κ2) is 8.32. The number of likely N-dealkylation sites (tertiary alicyclic amines) is 1. The monoisotopic (exact) mass is 422 g/mol. The molecule has 30 heavy (non-hydrogen) atoms. The Morgan fingerprint density at radius 3 is 2.40 bits per heavy atom. The van der Waals surface area contributed by atoms with E-state index in [0.29, 0.717) is 18.7 Å². The van der Waals surface area contributed by atoms with Gasteiger partial charge in [-0.15, -0.1) is 0 Å². The smallest absolute Gasteiger partial charge is 0.254 e. The third kappa shape index (κ3) is 3.79. The van der Waals surface area contributed by atoms with E-state index in [1.165, 1.54) is 5.69 Å².